The standard InChI is InChI=1S/C17H24N2O3S/c1-13-11-19(6-7-21-13)16(17-3-2-8-23-17)10-18-9-14-4-5-15(12-20)22-14/h2-5,8,13,16,18,20H,6-7,9-12H2,1H3/t13-,16+/m1/s1. The van der Waals surface area contributed by atoms with E-state index in [1.807, 2.05) is 12.1 Å². The number of ether oxygens (including phenoxy) is 1. The van der Waals surface area contributed by atoms with Crippen molar-refractivity contribution in [1.82, 2.24) is 10.2 Å². The molecule has 0 saturated carbocycles. The van der Waals surface area contributed by atoms with Crippen molar-refractivity contribution in [3.63, 3.8) is 0 Å². The van der Waals surface area contributed by atoms with Crippen LogP contribution in [0.2, 0.25) is 0 Å². The molecule has 5 nitrogen and oxygen atoms in total. The van der Waals surface area contributed by atoms with Crippen LogP contribution in [0, 0.1) is 0 Å². The number of nitrogens with one attached hydrogen (secondary N) is 1. The quantitative estimate of drug-likeness (QED) is 0.813. The van der Waals surface area contributed by atoms with Crippen molar-refractivity contribution in [1.29, 1.82) is 0 Å². The Kier molecular flexibility index (Phi) is 5.85. The van der Waals surface area contributed by atoms with E-state index in [0.29, 0.717) is 18.3 Å². The summed E-state index contributed by atoms with van der Waals surface area (Å²) in [5, 5.41) is 14.7. The van der Waals surface area contributed by atoms with E-state index in [0.717, 1.165) is 32.0 Å². The number of nitrogens with zero attached hydrogens (tertiary/aromatic N) is 1. The molecule has 0 unspecified atom stereocenters. The van der Waals surface area contributed by atoms with Crippen molar-refractivity contribution >= 4 is 11.3 Å². The summed E-state index contributed by atoms with van der Waals surface area (Å²) in [6, 6.07) is 8.39. The van der Waals surface area contributed by atoms with Gasteiger partial charge in [0.1, 0.15) is 18.1 Å². The topological polar surface area (TPSA) is 57.9 Å². The lowest BCUT2D eigenvalue weighted by Gasteiger charge is -2.37. The van der Waals surface area contributed by atoms with Gasteiger partial charge in [-0.25, -0.2) is 0 Å². The largest absolute Gasteiger partial charge is 0.462 e. The highest BCUT2D eigenvalue weighted by Gasteiger charge is 2.26. The summed E-state index contributed by atoms with van der Waals surface area (Å²) in [4.78, 5) is 3.87. The lowest BCUT2D eigenvalue weighted by molar-refractivity contribution is -0.0340. The molecule has 1 aliphatic heterocycles. The summed E-state index contributed by atoms with van der Waals surface area (Å²) >= 11 is 1.80. The molecule has 0 amide bonds. The highest BCUT2D eigenvalue weighted by molar-refractivity contribution is 7.10. The van der Waals surface area contributed by atoms with E-state index in [2.05, 4.69) is 34.7 Å². The third kappa shape index (κ3) is 4.43. The Bertz CT molecular complexity index is 584. The van der Waals surface area contributed by atoms with E-state index in [-0.39, 0.29) is 12.7 Å². The van der Waals surface area contributed by atoms with Crippen molar-refractivity contribution in [3.8, 4) is 0 Å². The predicted octanol–water partition coefficient (Wildman–Crippen LogP) is 2.39. The first-order valence-electron chi connectivity index (χ1n) is 8.04. The molecule has 2 aromatic rings. The van der Waals surface area contributed by atoms with Crippen LogP contribution < -0.4 is 5.32 Å². The summed E-state index contributed by atoms with van der Waals surface area (Å²) < 4.78 is 11.2. The fourth-order valence-corrected chi connectivity index (χ4v) is 3.81. The maximum atomic E-state index is 9.05. The van der Waals surface area contributed by atoms with Gasteiger partial charge in [0.2, 0.25) is 0 Å². The molecule has 2 atom stereocenters. The molecule has 6 heteroatoms. The van der Waals surface area contributed by atoms with E-state index in [4.69, 9.17) is 14.3 Å². The van der Waals surface area contributed by atoms with Crippen LogP contribution in [-0.4, -0.2) is 42.4 Å². The van der Waals surface area contributed by atoms with Gasteiger partial charge in [-0.3, -0.25) is 4.90 Å². The average Bonchev–Trinajstić information content (AvgIpc) is 3.23. The number of hydrogen-bond acceptors (Lipinski definition) is 6. The number of morpholine rings is 1. The molecular formula is C17H24N2O3S. The fourth-order valence-electron chi connectivity index (χ4n) is 2.95. The van der Waals surface area contributed by atoms with Gasteiger partial charge in [-0.2, -0.15) is 0 Å². The second-order valence-electron chi connectivity index (χ2n) is 5.86. The molecule has 2 aromatic heterocycles. The molecule has 1 saturated heterocycles. The van der Waals surface area contributed by atoms with Crippen LogP contribution >= 0.6 is 11.3 Å². The van der Waals surface area contributed by atoms with Crippen molar-refractivity contribution in [2.45, 2.75) is 32.2 Å². The van der Waals surface area contributed by atoms with Crippen LogP contribution in [-0.2, 0) is 17.9 Å². The Balaban J connectivity index is 1.60. The van der Waals surface area contributed by atoms with Crippen LogP contribution in [0.3, 0.4) is 0 Å². The zero-order valence-electron chi connectivity index (χ0n) is 13.4. The third-order valence-corrected chi connectivity index (χ3v) is 5.07. The molecule has 0 aliphatic carbocycles. The molecule has 2 N–H and O–H groups in total. The summed E-state index contributed by atoms with van der Waals surface area (Å²) in [5.41, 5.74) is 0. The van der Waals surface area contributed by atoms with Gasteiger partial charge in [-0.05, 0) is 30.5 Å². The lowest BCUT2D eigenvalue weighted by Crippen LogP contribution is -2.45. The van der Waals surface area contributed by atoms with Crippen molar-refractivity contribution in [2.24, 2.45) is 0 Å². The number of aliphatic hydroxyl groups excluding tert-OH is 1. The van der Waals surface area contributed by atoms with E-state index in [1.165, 1.54) is 4.88 Å². The molecule has 0 bridgehead atoms. The normalized spacial score (nSPS) is 20.7. The molecule has 23 heavy (non-hydrogen) atoms. The summed E-state index contributed by atoms with van der Waals surface area (Å²) in [7, 11) is 0. The second kappa shape index (κ2) is 8.08. The summed E-state index contributed by atoms with van der Waals surface area (Å²) in [5.74, 6) is 1.47. The minimum absolute atomic E-state index is 0.0521. The maximum absolute atomic E-state index is 9.05. The van der Waals surface area contributed by atoms with Gasteiger partial charge in [0, 0.05) is 24.5 Å². The van der Waals surface area contributed by atoms with Crippen LogP contribution in [0.5, 0.6) is 0 Å². The molecule has 3 rings (SSSR count). The van der Waals surface area contributed by atoms with Crippen molar-refractivity contribution < 1.29 is 14.3 Å². The lowest BCUT2D eigenvalue weighted by atomic mass is 10.1. The van der Waals surface area contributed by atoms with Gasteiger partial charge in [-0.15, -0.1) is 11.3 Å². The summed E-state index contributed by atoms with van der Waals surface area (Å²) in [6.07, 6.45) is 0.281. The number of furan rings is 1. The van der Waals surface area contributed by atoms with E-state index >= 15 is 0 Å². The maximum Gasteiger partial charge on any atom is 0.129 e. The Morgan fingerprint density at radius 2 is 2.26 bits per heavy atom. The highest BCUT2D eigenvalue weighted by Crippen LogP contribution is 2.26. The Labute approximate surface area is 140 Å². The van der Waals surface area contributed by atoms with Crippen molar-refractivity contribution in [3.05, 3.63) is 46.0 Å². The molecule has 3 heterocycles. The number of thiophene rings is 1. The molecule has 0 radical (unpaired) electrons. The van der Waals surface area contributed by atoms with Crippen LogP contribution in [0.15, 0.2) is 34.1 Å². The second-order valence-corrected chi connectivity index (χ2v) is 6.84. The minimum Gasteiger partial charge on any atom is -0.462 e. The molecule has 1 aliphatic rings. The monoisotopic (exact) mass is 336 g/mol. The summed E-state index contributed by atoms with van der Waals surface area (Å²) in [6.45, 7) is 6.32. The average molecular weight is 336 g/mol. The molecule has 1 fully saturated rings. The SMILES string of the molecule is C[C@@H]1CN([C@@H](CNCc2ccc(CO)o2)c2cccs2)CCO1. The van der Waals surface area contributed by atoms with Gasteiger partial charge in [-0.1, -0.05) is 6.07 Å². The number of rotatable bonds is 7. The van der Waals surface area contributed by atoms with Gasteiger partial charge in [0.25, 0.3) is 0 Å². The first-order chi connectivity index (χ1) is 11.3. The van der Waals surface area contributed by atoms with E-state index in [1.54, 1.807) is 11.3 Å². The smallest absolute Gasteiger partial charge is 0.129 e. The first-order valence-corrected chi connectivity index (χ1v) is 8.92. The molecule has 0 spiro atoms. The third-order valence-electron chi connectivity index (χ3n) is 4.09. The number of hydrogen-bond donors (Lipinski definition) is 2. The Morgan fingerprint density at radius 1 is 1.39 bits per heavy atom. The van der Waals surface area contributed by atoms with Crippen LogP contribution in [0.25, 0.3) is 0 Å². The number of aliphatic hydroxyl groups is 1. The Morgan fingerprint density at radius 3 is 2.96 bits per heavy atom. The Hall–Kier alpha value is -1.18. The van der Waals surface area contributed by atoms with Crippen LogP contribution in [0.1, 0.15) is 29.4 Å². The molecule has 126 valence electrons. The van der Waals surface area contributed by atoms with Gasteiger partial charge >= 0.3 is 0 Å². The minimum atomic E-state index is -0.0521. The van der Waals surface area contributed by atoms with Gasteiger partial charge in [0.05, 0.1) is 25.3 Å². The van der Waals surface area contributed by atoms with E-state index < -0.39 is 0 Å². The van der Waals surface area contributed by atoms with E-state index in [9.17, 15) is 0 Å². The fraction of sp³-hybridized carbons (Fsp3) is 0.529. The molecule has 0 aromatic carbocycles. The first kappa shape index (κ1) is 16.7. The molecular weight excluding hydrogens is 312 g/mol. The highest BCUT2D eigenvalue weighted by atomic mass is 32.1. The zero-order chi connectivity index (χ0) is 16.1. The van der Waals surface area contributed by atoms with Crippen LogP contribution in [0.4, 0.5) is 0 Å². The van der Waals surface area contributed by atoms with Gasteiger partial charge in [0.15, 0.2) is 0 Å². The predicted molar refractivity (Wildman–Crippen MR) is 90.4 cm³/mol. The van der Waals surface area contributed by atoms with Gasteiger partial charge < -0.3 is 19.6 Å². The van der Waals surface area contributed by atoms with Crippen molar-refractivity contribution in [2.75, 3.05) is 26.2 Å². The zero-order valence-corrected chi connectivity index (χ0v) is 14.2.